The van der Waals surface area contributed by atoms with Gasteiger partial charge >= 0.3 is 12.1 Å². The van der Waals surface area contributed by atoms with Crippen LogP contribution in [0, 0.1) is 6.92 Å². The van der Waals surface area contributed by atoms with Gasteiger partial charge in [0.25, 0.3) is 0 Å². The normalized spacial score (nSPS) is 12.3. The average molecular weight is 355 g/mol. The molecule has 0 heterocycles. The molecule has 0 saturated heterocycles. The Bertz CT molecular complexity index is 775. The van der Waals surface area contributed by atoms with Crippen LogP contribution in [0.5, 0.6) is 0 Å². The Balaban J connectivity index is 2.09. The molecule has 2 rings (SSSR count). The van der Waals surface area contributed by atoms with Crippen molar-refractivity contribution in [3.05, 3.63) is 59.7 Å². The van der Waals surface area contributed by atoms with E-state index in [9.17, 15) is 14.7 Å². The highest BCUT2D eigenvalue weighted by Crippen LogP contribution is 2.23. The number of aliphatic carboxylic acids is 1. The van der Waals surface area contributed by atoms with Crippen LogP contribution in [-0.4, -0.2) is 28.8 Å². The molecule has 0 aliphatic carbocycles. The number of carboxylic acids is 1. The van der Waals surface area contributed by atoms with Gasteiger partial charge < -0.3 is 15.2 Å². The first-order chi connectivity index (χ1) is 12.2. The Morgan fingerprint density at radius 1 is 1.08 bits per heavy atom. The Morgan fingerprint density at radius 2 is 1.69 bits per heavy atom. The molecule has 0 spiro atoms. The zero-order chi connectivity index (χ0) is 19.3. The number of ether oxygens (including phenoxy) is 1. The van der Waals surface area contributed by atoms with E-state index in [0.29, 0.717) is 0 Å². The summed E-state index contributed by atoms with van der Waals surface area (Å²) in [6.45, 7) is 7.24. The van der Waals surface area contributed by atoms with Crippen LogP contribution < -0.4 is 5.32 Å². The number of rotatable bonds is 5. The van der Waals surface area contributed by atoms with Gasteiger partial charge in [0.1, 0.15) is 11.6 Å². The van der Waals surface area contributed by atoms with Crippen LogP contribution in [0.2, 0.25) is 0 Å². The van der Waals surface area contributed by atoms with E-state index in [4.69, 9.17) is 4.74 Å². The summed E-state index contributed by atoms with van der Waals surface area (Å²) < 4.78 is 5.13. The van der Waals surface area contributed by atoms with Crippen molar-refractivity contribution in [3.8, 4) is 11.1 Å². The fraction of sp³-hybridized carbons (Fsp3) is 0.333. The van der Waals surface area contributed by atoms with Gasteiger partial charge in [-0.3, -0.25) is 0 Å². The highest BCUT2D eigenvalue weighted by molar-refractivity contribution is 5.80. The first-order valence-electron chi connectivity index (χ1n) is 8.53. The molecule has 138 valence electrons. The number of carboxylic acid groups (broad SMARTS) is 1. The second-order valence-electron chi connectivity index (χ2n) is 7.25. The van der Waals surface area contributed by atoms with Crippen LogP contribution in [0.3, 0.4) is 0 Å². The average Bonchev–Trinajstić information content (AvgIpc) is 2.54. The van der Waals surface area contributed by atoms with Gasteiger partial charge in [0.05, 0.1) is 0 Å². The second kappa shape index (κ2) is 8.04. The highest BCUT2D eigenvalue weighted by Gasteiger charge is 2.24. The van der Waals surface area contributed by atoms with Crippen molar-refractivity contribution in [1.29, 1.82) is 0 Å². The van der Waals surface area contributed by atoms with Crippen molar-refractivity contribution in [3.63, 3.8) is 0 Å². The minimum atomic E-state index is -1.10. The molecule has 0 saturated carbocycles. The minimum Gasteiger partial charge on any atom is -0.480 e. The van der Waals surface area contributed by atoms with Gasteiger partial charge in [0, 0.05) is 6.42 Å². The predicted molar refractivity (Wildman–Crippen MR) is 101 cm³/mol. The number of alkyl carbamates (subject to hydrolysis) is 1. The lowest BCUT2D eigenvalue weighted by molar-refractivity contribution is -0.139. The van der Waals surface area contributed by atoms with Crippen molar-refractivity contribution in [2.24, 2.45) is 0 Å². The van der Waals surface area contributed by atoms with Gasteiger partial charge in [0.2, 0.25) is 0 Å². The molecule has 1 atom stereocenters. The number of benzene rings is 2. The number of nitrogens with one attached hydrogen (secondary N) is 1. The van der Waals surface area contributed by atoms with Crippen molar-refractivity contribution < 1.29 is 19.4 Å². The molecule has 0 aromatic heterocycles. The molecular weight excluding hydrogens is 330 g/mol. The number of aryl methyl sites for hydroxylation is 1. The molecule has 5 heteroatoms. The van der Waals surface area contributed by atoms with E-state index in [1.807, 2.05) is 36.4 Å². The molecular formula is C21H25NO4. The summed E-state index contributed by atoms with van der Waals surface area (Å²) >= 11 is 0. The van der Waals surface area contributed by atoms with Crippen molar-refractivity contribution in [2.45, 2.75) is 45.8 Å². The quantitative estimate of drug-likeness (QED) is 0.843. The van der Waals surface area contributed by atoms with Crippen LogP contribution in [0.4, 0.5) is 4.79 Å². The molecule has 0 fully saturated rings. The van der Waals surface area contributed by atoms with Crippen molar-refractivity contribution >= 4 is 12.1 Å². The molecule has 1 unspecified atom stereocenters. The molecule has 0 aliphatic heterocycles. The molecule has 2 N–H and O–H groups in total. The lowest BCUT2D eigenvalue weighted by Gasteiger charge is -2.22. The smallest absolute Gasteiger partial charge is 0.408 e. The SMILES string of the molecule is Cc1ccccc1-c1ccc(CC(NC(=O)OC(C)(C)C)C(=O)O)cc1. The summed E-state index contributed by atoms with van der Waals surface area (Å²) in [6, 6.07) is 14.7. The van der Waals surface area contributed by atoms with E-state index in [1.54, 1.807) is 20.8 Å². The van der Waals surface area contributed by atoms with Gasteiger partial charge in [-0.15, -0.1) is 0 Å². The molecule has 0 bridgehead atoms. The van der Waals surface area contributed by atoms with Crippen molar-refractivity contribution in [1.82, 2.24) is 5.32 Å². The number of carbonyl (C=O) groups is 2. The van der Waals surface area contributed by atoms with Crippen LogP contribution in [0.1, 0.15) is 31.9 Å². The van der Waals surface area contributed by atoms with Crippen LogP contribution in [-0.2, 0) is 16.0 Å². The third-order valence-electron chi connectivity index (χ3n) is 3.84. The summed E-state index contributed by atoms with van der Waals surface area (Å²) in [5, 5.41) is 11.8. The Hall–Kier alpha value is -2.82. The molecule has 0 aliphatic rings. The third-order valence-corrected chi connectivity index (χ3v) is 3.84. The highest BCUT2D eigenvalue weighted by atomic mass is 16.6. The topological polar surface area (TPSA) is 75.6 Å². The van der Waals surface area contributed by atoms with E-state index in [0.717, 1.165) is 16.7 Å². The van der Waals surface area contributed by atoms with Crippen LogP contribution in [0.25, 0.3) is 11.1 Å². The monoisotopic (exact) mass is 355 g/mol. The van der Waals surface area contributed by atoms with E-state index in [2.05, 4.69) is 24.4 Å². The van der Waals surface area contributed by atoms with Gasteiger partial charge in [-0.05, 0) is 49.9 Å². The standard InChI is InChI=1S/C21H25NO4/c1-14-7-5-6-8-17(14)16-11-9-15(10-12-16)13-18(19(23)24)22-20(25)26-21(2,3)4/h5-12,18H,13H2,1-4H3,(H,22,25)(H,23,24). The van der Waals surface area contributed by atoms with Crippen molar-refractivity contribution in [2.75, 3.05) is 0 Å². The Labute approximate surface area is 154 Å². The zero-order valence-corrected chi connectivity index (χ0v) is 15.6. The van der Waals surface area contributed by atoms with Gasteiger partial charge in [-0.2, -0.15) is 0 Å². The fourth-order valence-electron chi connectivity index (χ4n) is 2.60. The molecule has 26 heavy (non-hydrogen) atoms. The minimum absolute atomic E-state index is 0.183. The first-order valence-corrected chi connectivity index (χ1v) is 8.53. The summed E-state index contributed by atoms with van der Waals surface area (Å²) in [5.41, 5.74) is 3.53. The van der Waals surface area contributed by atoms with Crippen LogP contribution in [0.15, 0.2) is 48.5 Å². The summed E-state index contributed by atoms with van der Waals surface area (Å²) in [6.07, 6.45) is -0.552. The summed E-state index contributed by atoms with van der Waals surface area (Å²) in [7, 11) is 0. The molecule has 5 nitrogen and oxygen atoms in total. The first kappa shape index (κ1) is 19.5. The number of hydrogen-bond acceptors (Lipinski definition) is 3. The van der Waals surface area contributed by atoms with Gasteiger partial charge in [-0.1, -0.05) is 48.5 Å². The number of hydrogen-bond donors (Lipinski definition) is 2. The maximum atomic E-state index is 11.8. The lowest BCUT2D eigenvalue weighted by Crippen LogP contribution is -2.44. The molecule has 2 aromatic carbocycles. The van der Waals surface area contributed by atoms with E-state index in [-0.39, 0.29) is 6.42 Å². The number of amides is 1. The zero-order valence-electron chi connectivity index (χ0n) is 15.6. The molecule has 0 radical (unpaired) electrons. The van der Waals surface area contributed by atoms with Crippen LogP contribution >= 0.6 is 0 Å². The third kappa shape index (κ3) is 5.62. The summed E-state index contributed by atoms with van der Waals surface area (Å²) in [5.74, 6) is -1.10. The maximum Gasteiger partial charge on any atom is 0.408 e. The van der Waals surface area contributed by atoms with E-state index in [1.165, 1.54) is 5.56 Å². The van der Waals surface area contributed by atoms with Gasteiger partial charge in [0.15, 0.2) is 0 Å². The summed E-state index contributed by atoms with van der Waals surface area (Å²) in [4.78, 5) is 23.3. The largest absolute Gasteiger partial charge is 0.480 e. The van der Waals surface area contributed by atoms with Gasteiger partial charge in [-0.25, -0.2) is 9.59 Å². The molecule has 2 aromatic rings. The molecule has 1 amide bonds. The fourth-order valence-corrected chi connectivity index (χ4v) is 2.60. The van der Waals surface area contributed by atoms with E-state index < -0.39 is 23.7 Å². The van der Waals surface area contributed by atoms with E-state index >= 15 is 0 Å². The maximum absolute atomic E-state index is 11.8. The predicted octanol–water partition coefficient (Wildman–Crippen LogP) is 4.18. The second-order valence-corrected chi connectivity index (χ2v) is 7.25. The Morgan fingerprint density at radius 3 is 2.23 bits per heavy atom. The number of carbonyl (C=O) groups excluding carboxylic acids is 1. The lowest BCUT2D eigenvalue weighted by atomic mass is 9.98. The Kier molecular flexibility index (Phi) is 6.03.